The molecule has 3 N–H and O–H groups in total. The number of carbonyl (C=O) groups is 1. The highest BCUT2D eigenvalue weighted by Gasteiger charge is 2.09. The first-order valence-electron chi connectivity index (χ1n) is 5.12. The van der Waals surface area contributed by atoms with E-state index < -0.39 is 5.97 Å². The lowest BCUT2D eigenvalue weighted by molar-refractivity contribution is 0.0697. The van der Waals surface area contributed by atoms with Gasteiger partial charge in [-0.2, -0.15) is 0 Å². The third-order valence-electron chi connectivity index (χ3n) is 2.29. The second-order valence-electron chi connectivity index (χ2n) is 3.61. The summed E-state index contributed by atoms with van der Waals surface area (Å²) >= 11 is 3.33. The van der Waals surface area contributed by atoms with Crippen molar-refractivity contribution in [3.05, 3.63) is 52.5 Å². The Balaban J connectivity index is 2.30. The smallest absolute Gasteiger partial charge is 0.337 e. The number of benzene rings is 2. The molecule has 2 aromatic carbocycles. The van der Waals surface area contributed by atoms with E-state index in [2.05, 4.69) is 15.9 Å². The number of nitrogen functional groups attached to an aromatic ring is 1. The summed E-state index contributed by atoms with van der Waals surface area (Å²) in [6.07, 6.45) is 0. The predicted molar refractivity (Wildman–Crippen MR) is 72.0 cm³/mol. The quantitative estimate of drug-likeness (QED) is 0.851. The molecule has 0 aromatic heterocycles. The van der Waals surface area contributed by atoms with E-state index in [9.17, 15) is 4.79 Å². The zero-order chi connectivity index (χ0) is 13.1. The minimum Gasteiger partial charge on any atom is -0.478 e. The van der Waals surface area contributed by atoms with Gasteiger partial charge in [0.1, 0.15) is 11.5 Å². The normalized spacial score (nSPS) is 10.1. The number of aromatic carboxylic acids is 1. The lowest BCUT2D eigenvalue weighted by Gasteiger charge is -2.08. The summed E-state index contributed by atoms with van der Waals surface area (Å²) in [7, 11) is 0. The van der Waals surface area contributed by atoms with Crippen molar-refractivity contribution in [1.29, 1.82) is 0 Å². The van der Waals surface area contributed by atoms with Gasteiger partial charge < -0.3 is 15.6 Å². The van der Waals surface area contributed by atoms with Gasteiger partial charge in [-0.15, -0.1) is 0 Å². The van der Waals surface area contributed by atoms with E-state index in [4.69, 9.17) is 15.6 Å². The van der Waals surface area contributed by atoms with Gasteiger partial charge in [0.25, 0.3) is 0 Å². The molecule has 0 bridgehead atoms. The van der Waals surface area contributed by atoms with Crippen LogP contribution >= 0.6 is 15.9 Å². The molecule has 0 aliphatic heterocycles. The Kier molecular flexibility index (Phi) is 3.53. The molecule has 0 aliphatic carbocycles. The van der Waals surface area contributed by atoms with Crippen LogP contribution in [-0.4, -0.2) is 11.1 Å². The van der Waals surface area contributed by atoms with Crippen LogP contribution in [0.4, 0.5) is 5.69 Å². The van der Waals surface area contributed by atoms with E-state index in [1.807, 2.05) is 12.1 Å². The van der Waals surface area contributed by atoms with Crippen molar-refractivity contribution in [3.63, 3.8) is 0 Å². The van der Waals surface area contributed by atoms with Gasteiger partial charge in [0, 0.05) is 10.2 Å². The topological polar surface area (TPSA) is 72.5 Å². The van der Waals surface area contributed by atoms with Crippen molar-refractivity contribution >= 4 is 27.6 Å². The number of carboxylic acids is 1. The number of hydrogen-bond acceptors (Lipinski definition) is 3. The van der Waals surface area contributed by atoms with E-state index in [1.165, 1.54) is 12.1 Å². The molecule has 5 heteroatoms. The molecular formula is C13H10BrNO3. The van der Waals surface area contributed by atoms with Crippen LogP contribution in [0, 0.1) is 0 Å². The van der Waals surface area contributed by atoms with Crippen molar-refractivity contribution in [2.75, 3.05) is 5.73 Å². The molecule has 0 heterocycles. The molecule has 0 saturated heterocycles. The summed E-state index contributed by atoms with van der Waals surface area (Å²) in [4.78, 5) is 10.9. The Morgan fingerprint density at radius 3 is 2.56 bits per heavy atom. The molecule has 0 spiro atoms. The number of hydrogen-bond donors (Lipinski definition) is 2. The van der Waals surface area contributed by atoms with Gasteiger partial charge in [-0.3, -0.25) is 0 Å². The van der Waals surface area contributed by atoms with E-state index in [1.54, 1.807) is 18.2 Å². The summed E-state index contributed by atoms with van der Waals surface area (Å²) in [5, 5.41) is 8.96. The average molecular weight is 308 g/mol. The van der Waals surface area contributed by atoms with Gasteiger partial charge in [-0.05, 0) is 36.4 Å². The molecule has 0 fully saturated rings. The highest BCUT2D eigenvalue weighted by atomic mass is 79.9. The summed E-state index contributed by atoms with van der Waals surface area (Å²) in [5.41, 5.74) is 5.81. The van der Waals surface area contributed by atoms with Crippen LogP contribution in [0.1, 0.15) is 10.4 Å². The summed E-state index contributed by atoms with van der Waals surface area (Å²) < 4.78 is 6.44. The maximum atomic E-state index is 10.9. The van der Waals surface area contributed by atoms with Gasteiger partial charge in [-0.1, -0.05) is 22.0 Å². The number of halogens is 1. The fourth-order valence-corrected chi connectivity index (χ4v) is 1.83. The third kappa shape index (κ3) is 2.81. The molecule has 92 valence electrons. The molecule has 0 saturated carbocycles. The van der Waals surface area contributed by atoms with Crippen molar-refractivity contribution in [1.82, 2.24) is 0 Å². The summed E-state index contributed by atoms with van der Waals surface area (Å²) in [6.45, 7) is 0. The van der Waals surface area contributed by atoms with Gasteiger partial charge >= 0.3 is 5.97 Å². The molecule has 2 aromatic rings. The van der Waals surface area contributed by atoms with E-state index in [0.29, 0.717) is 11.5 Å². The number of ether oxygens (including phenoxy) is 1. The van der Waals surface area contributed by atoms with E-state index >= 15 is 0 Å². The molecular weight excluding hydrogens is 298 g/mol. The van der Waals surface area contributed by atoms with Crippen LogP contribution in [0.25, 0.3) is 0 Å². The largest absolute Gasteiger partial charge is 0.478 e. The zero-order valence-electron chi connectivity index (χ0n) is 9.26. The average Bonchev–Trinajstić information content (AvgIpc) is 2.31. The minimum absolute atomic E-state index is 0.0301. The first-order chi connectivity index (χ1) is 8.56. The van der Waals surface area contributed by atoms with Gasteiger partial charge in [-0.25, -0.2) is 4.79 Å². The molecule has 2 rings (SSSR count). The first kappa shape index (κ1) is 12.4. The van der Waals surface area contributed by atoms with Crippen molar-refractivity contribution in [2.24, 2.45) is 0 Å². The number of nitrogens with two attached hydrogens (primary N) is 1. The fourth-order valence-electron chi connectivity index (χ4n) is 1.45. The Morgan fingerprint density at radius 2 is 1.89 bits per heavy atom. The molecule has 0 amide bonds. The third-order valence-corrected chi connectivity index (χ3v) is 2.78. The molecule has 18 heavy (non-hydrogen) atoms. The molecule has 0 atom stereocenters. The summed E-state index contributed by atoms with van der Waals surface area (Å²) in [5.74, 6) is -0.0302. The highest BCUT2D eigenvalue weighted by Crippen LogP contribution is 2.26. The van der Waals surface area contributed by atoms with Gasteiger partial charge in [0.05, 0.1) is 5.56 Å². The van der Waals surface area contributed by atoms with Crippen LogP contribution in [-0.2, 0) is 0 Å². The van der Waals surface area contributed by atoms with Crippen LogP contribution in [0.3, 0.4) is 0 Å². The second kappa shape index (κ2) is 5.10. The predicted octanol–water partition coefficient (Wildman–Crippen LogP) is 3.52. The molecule has 4 nitrogen and oxygen atoms in total. The molecule has 0 aliphatic rings. The van der Waals surface area contributed by atoms with E-state index in [-0.39, 0.29) is 11.3 Å². The van der Waals surface area contributed by atoms with Crippen LogP contribution in [0.5, 0.6) is 11.5 Å². The minimum atomic E-state index is -1.08. The van der Waals surface area contributed by atoms with Gasteiger partial charge in [0.15, 0.2) is 0 Å². The maximum Gasteiger partial charge on any atom is 0.337 e. The number of anilines is 1. The lowest BCUT2D eigenvalue weighted by atomic mass is 10.2. The fraction of sp³-hybridized carbons (Fsp3) is 0. The Hall–Kier alpha value is -2.01. The van der Waals surface area contributed by atoms with Crippen LogP contribution < -0.4 is 10.5 Å². The van der Waals surface area contributed by atoms with Crippen molar-refractivity contribution in [3.8, 4) is 11.5 Å². The Morgan fingerprint density at radius 1 is 1.17 bits per heavy atom. The highest BCUT2D eigenvalue weighted by molar-refractivity contribution is 9.10. The lowest BCUT2D eigenvalue weighted by Crippen LogP contribution is -2.02. The van der Waals surface area contributed by atoms with Crippen molar-refractivity contribution in [2.45, 2.75) is 0 Å². The maximum absolute atomic E-state index is 10.9. The first-order valence-corrected chi connectivity index (χ1v) is 5.92. The monoisotopic (exact) mass is 307 g/mol. The Labute approximate surface area is 112 Å². The second-order valence-corrected chi connectivity index (χ2v) is 4.53. The summed E-state index contributed by atoms with van der Waals surface area (Å²) in [6, 6.07) is 11.8. The van der Waals surface area contributed by atoms with E-state index in [0.717, 1.165) is 4.47 Å². The Bertz CT molecular complexity index is 599. The SMILES string of the molecule is Nc1ccc(Oc2cccc(Br)c2)cc1C(=O)O. The molecule has 0 unspecified atom stereocenters. The number of carboxylic acid groups (broad SMARTS) is 1. The van der Waals surface area contributed by atoms with Crippen LogP contribution in [0.2, 0.25) is 0 Å². The standard InChI is InChI=1S/C13H10BrNO3/c14-8-2-1-3-9(6-8)18-10-4-5-12(15)11(7-10)13(16)17/h1-7H,15H2,(H,16,17). The van der Waals surface area contributed by atoms with Crippen LogP contribution in [0.15, 0.2) is 46.9 Å². The zero-order valence-corrected chi connectivity index (χ0v) is 10.8. The van der Waals surface area contributed by atoms with Gasteiger partial charge in [0.2, 0.25) is 0 Å². The molecule has 0 radical (unpaired) electrons. The van der Waals surface area contributed by atoms with Crippen molar-refractivity contribution < 1.29 is 14.6 Å². The number of rotatable bonds is 3.